The Balaban J connectivity index is 2.28. The van der Waals surface area contributed by atoms with Gasteiger partial charge in [0.2, 0.25) is 5.91 Å². The minimum atomic E-state index is 0.200. The van der Waals surface area contributed by atoms with Gasteiger partial charge in [0.15, 0.2) is 0 Å². The van der Waals surface area contributed by atoms with Gasteiger partial charge in [0.25, 0.3) is 0 Å². The van der Waals surface area contributed by atoms with Crippen LogP contribution in [0.3, 0.4) is 0 Å². The summed E-state index contributed by atoms with van der Waals surface area (Å²) in [6, 6.07) is 0. The van der Waals surface area contributed by atoms with Crippen molar-refractivity contribution in [3.63, 3.8) is 0 Å². The second-order valence-electron chi connectivity index (χ2n) is 6.54. The van der Waals surface area contributed by atoms with Crippen molar-refractivity contribution in [3.05, 3.63) is 0 Å². The van der Waals surface area contributed by atoms with Crippen molar-refractivity contribution in [2.45, 2.75) is 46.5 Å². The second kappa shape index (κ2) is 7.85. The summed E-state index contributed by atoms with van der Waals surface area (Å²) in [5, 5.41) is 3.14. The Labute approximate surface area is 118 Å². The number of carbonyl (C=O) groups excluding carboxylic acids is 1. The Morgan fingerprint density at radius 2 is 2.00 bits per heavy atom. The van der Waals surface area contributed by atoms with Crippen LogP contribution in [0.1, 0.15) is 46.5 Å². The van der Waals surface area contributed by atoms with Crippen LogP contribution in [-0.4, -0.2) is 43.5 Å². The van der Waals surface area contributed by atoms with E-state index in [-0.39, 0.29) is 17.2 Å². The summed E-state index contributed by atoms with van der Waals surface area (Å²) in [6.07, 6.45) is 4.27. The van der Waals surface area contributed by atoms with Crippen molar-refractivity contribution >= 4 is 5.91 Å². The van der Waals surface area contributed by atoms with Gasteiger partial charge in [-0.3, -0.25) is 4.79 Å². The monoisotopic (exact) mass is 269 g/mol. The van der Waals surface area contributed by atoms with E-state index in [9.17, 15) is 4.79 Å². The molecule has 19 heavy (non-hydrogen) atoms. The molecule has 0 spiro atoms. The van der Waals surface area contributed by atoms with Crippen LogP contribution >= 0.6 is 0 Å². The second-order valence-corrected chi connectivity index (χ2v) is 6.54. The molecule has 0 atom stereocenters. The third-order valence-corrected chi connectivity index (χ3v) is 4.07. The molecule has 1 aliphatic heterocycles. The van der Waals surface area contributed by atoms with Gasteiger partial charge in [0.05, 0.1) is 0 Å². The van der Waals surface area contributed by atoms with Gasteiger partial charge in [0.1, 0.15) is 0 Å². The number of hydrogen-bond acceptors (Lipinski definition) is 3. The van der Waals surface area contributed by atoms with Gasteiger partial charge in [-0.1, -0.05) is 27.2 Å². The Kier molecular flexibility index (Phi) is 6.80. The van der Waals surface area contributed by atoms with Crippen LogP contribution in [0.2, 0.25) is 0 Å². The molecule has 3 N–H and O–H groups in total. The molecule has 0 bridgehead atoms. The highest BCUT2D eigenvalue weighted by atomic mass is 16.1. The molecule has 1 fully saturated rings. The quantitative estimate of drug-likeness (QED) is 0.738. The van der Waals surface area contributed by atoms with E-state index in [2.05, 4.69) is 31.0 Å². The molecule has 1 aliphatic rings. The molecule has 0 aromatic rings. The first-order valence-corrected chi connectivity index (χ1v) is 7.68. The van der Waals surface area contributed by atoms with Gasteiger partial charge in [0, 0.05) is 25.6 Å². The van der Waals surface area contributed by atoms with E-state index >= 15 is 0 Å². The van der Waals surface area contributed by atoms with Crippen LogP contribution in [0.15, 0.2) is 0 Å². The van der Waals surface area contributed by atoms with Gasteiger partial charge in [-0.15, -0.1) is 0 Å². The van der Waals surface area contributed by atoms with Crippen LogP contribution < -0.4 is 11.1 Å². The van der Waals surface area contributed by atoms with E-state index in [0.717, 1.165) is 45.4 Å². The summed E-state index contributed by atoms with van der Waals surface area (Å²) in [4.78, 5) is 14.5. The lowest BCUT2D eigenvalue weighted by Crippen LogP contribution is -2.43. The molecule has 0 aromatic carbocycles. The van der Waals surface area contributed by atoms with Crippen molar-refractivity contribution in [1.29, 1.82) is 0 Å². The lowest BCUT2D eigenvalue weighted by molar-refractivity contribution is -0.126. The Hall–Kier alpha value is -0.610. The minimum Gasteiger partial charge on any atom is -0.355 e. The SMILES string of the molecule is CCCC(C)(C)CNC(=O)C1CCN(CCN)CC1. The molecule has 0 unspecified atom stereocenters. The van der Waals surface area contributed by atoms with Crippen molar-refractivity contribution < 1.29 is 4.79 Å². The third kappa shape index (κ3) is 5.91. The highest BCUT2D eigenvalue weighted by Gasteiger charge is 2.26. The predicted octanol–water partition coefficient (Wildman–Crippen LogP) is 1.60. The molecular weight excluding hydrogens is 238 g/mol. The number of rotatable bonds is 7. The number of nitrogens with two attached hydrogens (primary N) is 1. The standard InChI is InChI=1S/C15H31N3O/c1-4-7-15(2,3)12-17-14(19)13-5-9-18(10-6-13)11-8-16/h13H,4-12,16H2,1-3H3,(H,17,19). The van der Waals surface area contributed by atoms with Crippen molar-refractivity contribution in [2.75, 3.05) is 32.7 Å². The molecule has 0 radical (unpaired) electrons. The molecule has 4 heteroatoms. The smallest absolute Gasteiger partial charge is 0.223 e. The summed E-state index contributed by atoms with van der Waals surface area (Å²) in [5.41, 5.74) is 5.77. The van der Waals surface area contributed by atoms with E-state index in [1.165, 1.54) is 6.42 Å². The van der Waals surface area contributed by atoms with Crippen LogP contribution in [0.4, 0.5) is 0 Å². The summed E-state index contributed by atoms with van der Waals surface area (Å²) in [5.74, 6) is 0.447. The molecule has 112 valence electrons. The molecule has 0 aliphatic carbocycles. The fourth-order valence-electron chi connectivity index (χ4n) is 2.84. The fraction of sp³-hybridized carbons (Fsp3) is 0.933. The van der Waals surface area contributed by atoms with Gasteiger partial charge >= 0.3 is 0 Å². The number of carbonyl (C=O) groups is 1. The van der Waals surface area contributed by atoms with Crippen LogP contribution in [0.5, 0.6) is 0 Å². The molecule has 1 rings (SSSR count). The number of hydrogen-bond donors (Lipinski definition) is 2. The van der Waals surface area contributed by atoms with E-state index < -0.39 is 0 Å². The molecule has 0 aromatic heterocycles. The van der Waals surface area contributed by atoms with E-state index in [0.29, 0.717) is 6.54 Å². The lowest BCUT2D eigenvalue weighted by atomic mass is 9.87. The first-order chi connectivity index (χ1) is 8.98. The number of amides is 1. The summed E-state index contributed by atoms with van der Waals surface area (Å²) >= 11 is 0. The molecule has 1 heterocycles. The topological polar surface area (TPSA) is 58.4 Å². The molecule has 4 nitrogen and oxygen atoms in total. The Morgan fingerprint density at radius 3 is 2.53 bits per heavy atom. The number of nitrogens with zero attached hydrogens (tertiary/aromatic N) is 1. The largest absolute Gasteiger partial charge is 0.355 e. The highest BCUT2D eigenvalue weighted by Crippen LogP contribution is 2.22. The average molecular weight is 269 g/mol. The lowest BCUT2D eigenvalue weighted by Gasteiger charge is -2.32. The van der Waals surface area contributed by atoms with E-state index in [1.807, 2.05) is 0 Å². The summed E-state index contributed by atoms with van der Waals surface area (Å²) in [6.45, 7) is 11.1. The maximum atomic E-state index is 12.2. The third-order valence-electron chi connectivity index (χ3n) is 4.07. The van der Waals surface area contributed by atoms with Gasteiger partial charge < -0.3 is 16.0 Å². The maximum absolute atomic E-state index is 12.2. The van der Waals surface area contributed by atoms with Crippen molar-refractivity contribution in [3.8, 4) is 0 Å². The molecule has 1 amide bonds. The zero-order valence-electron chi connectivity index (χ0n) is 12.9. The van der Waals surface area contributed by atoms with Crippen LogP contribution in [-0.2, 0) is 4.79 Å². The number of likely N-dealkylation sites (tertiary alicyclic amines) is 1. The number of nitrogens with one attached hydrogen (secondary N) is 1. The minimum absolute atomic E-state index is 0.200. The van der Waals surface area contributed by atoms with Gasteiger partial charge in [-0.05, 0) is 37.8 Å². The average Bonchev–Trinajstić information content (AvgIpc) is 2.37. The Bertz CT molecular complexity index is 271. The normalized spacial score (nSPS) is 18.5. The first kappa shape index (κ1) is 16.4. The summed E-state index contributed by atoms with van der Waals surface area (Å²) < 4.78 is 0. The molecule has 0 saturated carbocycles. The zero-order chi connectivity index (χ0) is 14.3. The van der Waals surface area contributed by atoms with Crippen molar-refractivity contribution in [1.82, 2.24) is 10.2 Å². The van der Waals surface area contributed by atoms with E-state index in [4.69, 9.17) is 5.73 Å². The molecule has 1 saturated heterocycles. The van der Waals surface area contributed by atoms with E-state index in [1.54, 1.807) is 0 Å². The van der Waals surface area contributed by atoms with Gasteiger partial charge in [-0.2, -0.15) is 0 Å². The predicted molar refractivity (Wildman–Crippen MR) is 79.9 cm³/mol. The highest BCUT2D eigenvalue weighted by molar-refractivity contribution is 5.78. The maximum Gasteiger partial charge on any atom is 0.223 e. The number of piperidine rings is 1. The summed E-state index contributed by atoms with van der Waals surface area (Å²) in [7, 11) is 0. The van der Waals surface area contributed by atoms with Crippen LogP contribution in [0, 0.1) is 11.3 Å². The first-order valence-electron chi connectivity index (χ1n) is 7.68. The zero-order valence-corrected chi connectivity index (χ0v) is 12.9. The molecular formula is C15H31N3O. The van der Waals surface area contributed by atoms with Crippen LogP contribution in [0.25, 0.3) is 0 Å². The van der Waals surface area contributed by atoms with Gasteiger partial charge in [-0.25, -0.2) is 0 Å². The van der Waals surface area contributed by atoms with Crippen molar-refractivity contribution in [2.24, 2.45) is 17.1 Å². The Morgan fingerprint density at radius 1 is 1.37 bits per heavy atom. The fourth-order valence-corrected chi connectivity index (χ4v) is 2.84.